The highest BCUT2D eigenvalue weighted by atomic mass is 15.1. The second kappa shape index (κ2) is 4.82. The van der Waals surface area contributed by atoms with E-state index >= 15 is 0 Å². The van der Waals surface area contributed by atoms with Gasteiger partial charge >= 0.3 is 0 Å². The van der Waals surface area contributed by atoms with Crippen molar-refractivity contribution in [2.24, 2.45) is 0 Å². The summed E-state index contributed by atoms with van der Waals surface area (Å²) in [6, 6.07) is 6.13. The molecule has 1 N–H and O–H groups in total. The minimum atomic E-state index is 0.996. The molecule has 80 valence electrons. The summed E-state index contributed by atoms with van der Waals surface area (Å²) in [5.74, 6) is 1.13. The van der Waals surface area contributed by atoms with Gasteiger partial charge in [-0.25, -0.2) is 4.98 Å². The molecule has 0 unspecified atom stereocenters. The predicted octanol–water partition coefficient (Wildman–Crippen LogP) is 2.94. The summed E-state index contributed by atoms with van der Waals surface area (Å²) in [6.45, 7) is 3.25. The zero-order valence-electron chi connectivity index (χ0n) is 9.11. The van der Waals surface area contributed by atoms with Crippen LogP contribution in [0.3, 0.4) is 0 Å². The van der Waals surface area contributed by atoms with Crippen molar-refractivity contribution in [3.8, 4) is 0 Å². The van der Waals surface area contributed by atoms with Crippen LogP contribution in [0.1, 0.15) is 26.2 Å². The number of nitrogens with one attached hydrogen (secondary N) is 1. The van der Waals surface area contributed by atoms with E-state index in [-0.39, 0.29) is 0 Å². The molecule has 0 amide bonds. The lowest BCUT2D eigenvalue weighted by molar-refractivity contribution is 0.741. The van der Waals surface area contributed by atoms with Crippen molar-refractivity contribution in [1.29, 1.82) is 0 Å². The van der Waals surface area contributed by atoms with E-state index in [2.05, 4.69) is 27.7 Å². The van der Waals surface area contributed by atoms with Crippen LogP contribution < -0.4 is 5.32 Å². The summed E-state index contributed by atoms with van der Waals surface area (Å²) >= 11 is 0. The van der Waals surface area contributed by atoms with Gasteiger partial charge in [-0.05, 0) is 18.6 Å². The molecule has 15 heavy (non-hydrogen) atoms. The fourth-order valence-electron chi connectivity index (χ4n) is 1.68. The third-order valence-corrected chi connectivity index (χ3v) is 2.51. The molecule has 0 aliphatic rings. The van der Waals surface area contributed by atoms with Crippen LogP contribution in [0.15, 0.2) is 30.6 Å². The van der Waals surface area contributed by atoms with E-state index < -0.39 is 0 Å². The Hall–Kier alpha value is -1.51. The maximum absolute atomic E-state index is 4.25. The molecule has 0 spiro atoms. The molecule has 0 aromatic carbocycles. The molecule has 0 radical (unpaired) electrons. The van der Waals surface area contributed by atoms with Gasteiger partial charge in [-0.3, -0.25) is 4.40 Å². The highest BCUT2D eigenvalue weighted by Gasteiger charge is 1.98. The Bertz CT molecular complexity index is 419. The van der Waals surface area contributed by atoms with E-state index in [4.69, 9.17) is 0 Å². The number of pyridine rings is 1. The molecule has 3 nitrogen and oxygen atoms in total. The largest absolute Gasteiger partial charge is 0.371 e. The second-order valence-corrected chi connectivity index (χ2v) is 3.70. The van der Waals surface area contributed by atoms with E-state index in [1.165, 1.54) is 19.3 Å². The molecule has 2 aromatic rings. The monoisotopic (exact) mass is 203 g/mol. The third kappa shape index (κ3) is 2.29. The zero-order valence-corrected chi connectivity index (χ0v) is 9.11. The molecule has 3 heteroatoms. The predicted molar refractivity (Wildman–Crippen MR) is 63.2 cm³/mol. The molecular weight excluding hydrogens is 186 g/mol. The maximum Gasteiger partial charge on any atom is 0.138 e. The molecule has 0 fully saturated rings. The van der Waals surface area contributed by atoms with Crippen molar-refractivity contribution in [2.75, 3.05) is 11.9 Å². The first kappa shape index (κ1) is 10.0. The van der Waals surface area contributed by atoms with Crippen LogP contribution in [0.2, 0.25) is 0 Å². The average molecular weight is 203 g/mol. The van der Waals surface area contributed by atoms with Crippen molar-refractivity contribution in [3.05, 3.63) is 30.6 Å². The maximum atomic E-state index is 4.25. The molecule has 0 saturated heterocycles. The molecule has 2 rings (SSSR count). The van der Waals surface area contributed by atoms with Crippen LogP contribution >= 0.6 is 0 Å². The standard InChI is InChI=1S/C12H17N3/c1-2-3-4-8-13-11-6-5-7-12-14-9-10-15(11)12/h5-7,9-10,13H,2-4,8H2,1H3. The molecule has 2 aromatic heterocycles. The van der Waals surface area contributed by atoms with Gasteiger partial charge < -0.3 is 5.32 Å². The Kier molecular flexibility index (Phi) is 3.22. The van der Waals surface area contributed by atoms with Crippen molar-refractivity contribution < 1.29 is 0 Å². The number of unbranched alkanes of at least 4 members (excludes halogenated alkanes) is 2. The number of hydrogen-bond donors (Lipinski definition) is 1. The normalized spacial score (nSPS) is 10.7. The first-order valence-corrected chi connectivity index (χ1v) is 5.58. The lowest BCUT2D eigenvalue weighted by Crippen LogP contribution is -2.05. The third-order valence-electron chi connectivity index (χ3n) is 2.51. The molecule has 0 aliphatic carbocycles. The first-order chi connectivity index (χ1) is 7.42. The van der Waals surface area contributed by atoms with E-state index in [0.29, 0.717) is 0 Å². The Balaban J connectivity index is 2.04. The topological polar surface area (TPSA) is 29.3 Å². The number of imidazole rings is 1. The number of hydrogen-bond acceptors (Lipinski definition) is 2. The summed E-state index contributed by atoms with van der Waals surface area (Å²) in [7, 11) is 0. The molecule has 0 atom stereocenters. The van der Waals surface area contributed by atoms with Crippen LogP contribution in [-0.4, -0.2) is 15.9 Å². The quantitative estimate of drug-likeness (QED) is 0.757. The number of rotatable bonds is 5. The molecule has 2 heterocycles. The summed E-state index contributed by atoms with van der Waals surface area (Å²) in [5.41, 5.74) is 0.996. The summed E-state index contributed by atoms with van der Waals surface area (Å²) in [6.07, 6.45) is 7.58. The van der Waals surface area contributed by atoms with Gasteiger partial charge in [-0.15, -0.1) is 0 Å². The van der Waals surface area contributed by atoms with Gasteiger partial charge in [0, 0.05) is 18.9 Å². The highest BCUT2D eigenvalue weighted by molar-refractivity contribution is 5.49. The SMILES string of the molecule is CCCCCNc1cccc2nccn12. The molecular formula is C12H17N3. The van der Waals surface area contributed by atoms with Crippen LogP contribution in [0.5, 0.6) is 0 Å². The van der Waals surface area contributed by atoms with Gasteiger partial charge in [0.25, 0.3) is 0 Å². The Morgan fingerprint density at radius 1 is 1.33 bits per heavy atom. The van der Waals surface area contributed by atoms with Crippen LogP contribution in [0, 0.1) is 0 Å². The number of anilines is 1. The molecule has 0 saturated carbocycles. The first-order valence-electron chi connectivity index (χ1n) is 5.58. The fraction of sp³-hybridized carbons (Fsp3) is 0.417. The van der Waals surface area contributed by atoms with Crippen LogP contribution in [0.4, 0.5) is 5.82 Å². The van der Waals surface area contributed by atoms with Crippen molar-refractivity contribution in [2.45, 2.75) is 26.2 Å². The minimum absolute atomic E-state index is 0.996. The number of aromatic nitrogens is 2. The zero-order chi connectivity index (χ0) is 10.5. The average Bonchev–Trinajstić information content (AvgIpc) is 2.73. The van der Waals surface area contributed by atoms with Crippen LogP contribution in [-0.2, 0) is 0 Å². The van der Waals surface area contributed by atoms with Crippen LogP contribution in [0.25, 0.3) is 5.65 Å². The molecule has 0 bridgehead atoms. The lowest BCUT2D eigenvalue weighted by atomic mass is 10.2. The smallest absolute Gasteiger partial charge is 0.138 e. The van der Waals surface area contributed by atoms with Gasteiger partial charge in [-0.1, -0.05) is 25.8 Å². The summed E-state index contributed by atoms with van der Waals surface area (Å²) in [4.78, 5) is 4.25. The van der Waals surface area contributed by atoms with E-state index in [9.17, 15) is 0 Å². The van der Waals surface area contributed by atoms with Gasteiger partial charge in [0.2, 0.25) is 0 Å². The number of nitrogens with zero attached hydrogens (tertiary/aromatic N) is 2. The summed E-state index contributed by atoms with van der Waals surface area (Å²) < 4.78 is 2.08. The molecule has 0 aliphatic heterocycles. The minimum Gasteiger partial charge on any atom is -0.371 e. The van der Waals surface area contributed by atoms with E-state index in [0.717, 1.165) is 18.0 Å². The van der Waals surface area contributed by atoms with Gasteiger partial charge in [0.15, 0.2) is 0 Å². The second-order valence-electron chi connectivity index (χ2n) is 3.70. The van der Waals surface area contributed by atoms with E-state index in [1.54, 1.807) is 0 Å². The number of fused-ring (bicyclic) bond motifs is 1. The Morgan fingerprint density at radius 3 is 3.13 bits per heavy atom. The highest BCUT2D eigenvalue weighted by Crippen LogP contribution is 2.10. The fourth-order valence-corrected chi connectivity index (χ4v) is 1.68. The van der Waals surface area contributed by atoms with Gasteiger partial charge in [-0.2, -0.15) is 0 Å². The van der Waals surface area contributed by atoms with E-state index in [1.807, 2.05) is 24.5 Å². The van der Waals surface area contributed by atoms with Crippen molar-refractivity contribution in [1.82, 2.24) is 9.38 Å². The lowest BCUT2D eigenvalue weighted by Gasteiger charge is -2.08. The van der Waals surface area contributed by atoms with Crippen molar-refractivity contribution in [3.63, 3.8) is 0 Å². The van der Waals surface area contributed by atoms with Crippen molar-refractivity contribution >= 4 is 11.5 Å². The van der Waals surface area contributed by atoms with Gasteiger partial charge in [0.1, 0.15) is 11.5 Å². The van der Waals surface area contributed by atoms with Gasteiger partial charge in [0.05, 0.1) is 0 Å². The summed E-state index contributed by atoms with van der Waals surface area (Å²) in [5, 5.41) is 3.43. The Labute approximate surface area is 90.1 Å². The Morgan fingerprint density at radius 2 is 2.27 bits per heavy atom.